The number of halogens is 3. The summed E-state index contributed by atoms with van der Waals surface area (Å²) >= 11 is 0. The molecule has 0 saturated carbocycles. The van der Waals surface area contributed by atoms with Crippen molar-refractivity contribution in [3.05, 3.63) is 89.5 Å². The maximum Gasteiger partial charge on any atom is 0.389 e. The number of anilines is 2. The van der Waals surface area contributed by atoms with Crippen LogP contribution in [0.25, 0.3) is 6.08 Å². The van der Waals surface area contributed by atoms with Crippen molar-refractivity contribution in [1.82, 2.24) is 0 Å². The summed E-state index contributed by atoms with van der Waals surface area (Å²) in [4.78, 5) is 24.3. The highest BCUT2D eigenvalue weighted by Gasteiger charge is 2.26. The molecule has 0 heterocycles. The van der Waals surface area contributed by atoms with E-state index in [1.807, 2.05) is 0 Å². The average molecular weight is 529 g/mol. The van der Waals surface area contributed by atoms with E-state index in [9.17, 15) is 22.8 Å². The fourth-order valence-electron chi connectivity index (χ4n) is 3.33. The van der Waals surface area contributed by atoms with E-state index < -0.39 is 24.5 Å². The van der Waals surface area contributed by atoms with Crippen molar-refractivity contribution in [1.29, 1.82) is 0 Å². The minimum atomic E-state index is -4.22. The third-order valence-corrected chi connectivity index (χ3v) is 5.14. The van der Waals surface area contributed by atoms with Crippen LogP contribution in [0.4, 0.5) is 24.5 Å². The first-order valence-corrected chi connectivity index (χ1v) is 11.7. The number of benzene rings is 3. The van der Waals surface area contributed by atoms with Crippen LogP contribution in [0.2, 0.25) is 0 Å². The van der Waals surface area contributed by atoms with Crippen LogP contribution >= 0.6 is 0 Å². The molecule has 38 heavy (non-hydrogen) atoms. The lowest BCUT2D eigenvalue weighted by atomic mass is 10.1. The minimum absolute atomic E-state index is 0.0827. The van der Waals surface area contributed by atoms with Crippen LogP contribution in [0.5, 0.6) is 11.5 Å². The molecule has 0 aliphatic rings. The molecule has 0 fully saturated rings. The second-order valence-corrected chi connectivity index (χ2v) is 8.31. The number of hydrogen-bond acceptors (Lipinski definition) is 7. The summed E-state index contributed by atoms with van der Waals surface area (Å²) in [5.74, 6) is -0.468. The predicted molar refractivity (Wildman–Crippen MR) is 138 cm³/mol. The first-order chi connectivity index (χ1) is 18.1. The quantitative estimate of drug-likeness (QED) is 0.110. The van der Waals surface area contributed by atoms with Crippen molar-refractivity contribution in [3.8, 4) is 11.5 Å². The lowest BCUT2D eigenvalue weighted by Gasteiger charge is -2.09. The molecule has 10 heteroatoms. The topological polar surface area (TPSA) is 114 Å². The molecule has 0 aromatic heterocycles. The van der Waals surface area contributed by atoms with Crippen molar-refractivity contribution in [2.75, 3.05) is 24.7 Å². The molecule has 4 N–H and O–H groups in total. The van der Waals surface area contributed by atoms with Crippen molar-refractivity contribution < 1.29 is 37.0 Å². The number of alkyl halides is 3. The van der Waals surface area contributed by atoms with Crippen LogP contribution in [0.1, 0.15) is 34.3 Å². The van der Waals surface area contributed by atoms with E-state index in [2.05, 4.69) is 0 Å². The molecule has 0 amide bonds. The van der Waals surface area contributed by atoms with Gasteiger partial charge in [-0.3, -0.25) is 0 Å². The molecule has 0 aliphatic carbocycles. The Hall–Kier alpha value is -4.47. The van der Waals surface area contributed by atoms with E-state index in [1.165, 1.54) is 30.3 Å². The Balaban J connectivity index is 1.42. The third-order valence-electron chi connectivity index (χ3n) is 5.14. The van der Waals surface area contributed by atoms with Gasteiger partial charge >= 0.3 is 18.1 Å². The van der Waals surface area contributed by atoms with E-state index in [1.54, 1.807) is 48.5 Å². The molecule has 7 nitrogen and oxygen atoms in total. The Labute approximate surface area is 217 Å². The molecule has 0 aliphatic heterocycles. The zero-order chi connectivity index (χ0) is 27.5. The molecule has 0 unspecified atom stereocenters. The first-order valence-electron chi connectivity index (χ1n) is 11.7. The SMILES string of the molecule is Nc1cc(N)cc(CCOC(=O)/C=C/c2ccc(OC(=O)c3ccc(OCCCC(F)(F)F)cc3)cc2)c1. The summed E-state index contributed by atoms with van der Waals surface area (Å²) < 4.78 is 52.3. The van der Waals surface area contributed by atoms with Crippen molar-refractivity contribution in [2.45, 2.75) is 25.4 Å². The van der Waals surface area contributed by atoms with Crippen LogP contribution in [0.3, 0.4) is 0 Å². The van der Waals surface area contributed by atoms with Gasteiger partial charge in [-0.15, -0.1) is 0 Å². The zero-order valence-electron chi connectivity index (χ0n) is 20.4. The van der Waals surface area contributed by atoms with E-state index in [-0.39, 0.29) is 25.2 Å². The molecule has 0 radical (unpaired) electrons. The zero-order valence-corrected chi connectivity index (χ0v) is 20.4. The Morgan fingerprint density at radius 1 is 0.842 bits per heavy atom. The summed E-state index contributed by atoms with van der Waals surface area (Å²) in [6.07, 6.45) is -1.95. The molecule has 200 valence electrons. The van der Waals surface area contributed by atoms with Gasteiger partial charge in [0, 0.05) is 30.3 Å². The number of carbonyl (C=O) groups is 2. The summed E-state index contributed by atoms with van der Waals surface area (Å²) in [7, 11) is 0. The van der Waals surface area contributed by atoms with E-state index in [0.29, 0.717) is 34.9 Å². The van der Waals surface area contributed by atoms with Gasteiger partial charge in [-0.05, 0) is 78.2 Å². The van der Waals surface area contributed by atoms with Crippen LogP contribution in [-0.2, 0) is 16.0 Å². The number of carbonyl (C=O) groups excluding carboxylic acids is 2. The standard InChI is InChI=1S/C28H27F3N2O5/c29-28(30,31)13-1-14-36-24-9-5-21(6-10-24)27(35)38-25-7-2-19(3-8-25)4-11-26(34)37-15-12-20-16-22(32)18-23(33)17-20/h2-11,16-18H,1,12-15,32-33H2/b11-4+. The second kappa shape index (κ2) is 13.2. The highest BCUT2D eigenvalue weighted by atomic mass is 19.4. The number of hydrogen-bond donors (Lipinski definition) is 2. The van der Waals surface area contributed by atoms with Gasteiger partial charge in [0.15, 0.2) is 0 Å². The number of nitrogen functional groups attached to an aromatic ring is 2. The van der Waals surface area contributed by atoms with Crippen LogP contribution in [0, 0.1) is 0 Å². The Kier molecular flexibility index (Phi) is 9.75. The first kappa shape index (κ1) is 28.1. The van der Waals surface area contributed by atoms with Crippen molar-refractivity contribution >= 4 is 29.4 Å². The molecule has 0 bridgehead atoms. The normalized spacial score (nSPS) is 11.3. The summed E-state index contributed by atoms with van der Waals surface area (Å²) in [6.45, 7) is 0.0900. The predicted octanol–water partition coefficient (Wildman–Crippen LogP) is 5.59. The van der Waals surface area contributed by atoms with Crippen LogP contribution in [0.15, 0.2) is 72.8 Å². The minimum Gasteiger partial charge on any atom is -0.494 e. The van der Waals surface area contributed by atoms with Gasteiger partial charge in [0.05, 0.1) is 18.8 Å². The van der Waals surface area contributed by atoms with Gasteiger partial charge < -0.3 is 25.7 Å². The second-order valence-electron chi connectivity index (χ2n) is 8.31. The van der Waals surface area contributed by atoms with Gasteiger partial charge in [0.2, 0.25) is 0 Å². The Morgan fingerprint density at radius 3 is 2.11 bits per heavy atom. The summed E-state index contributed by atoms with van der Waals surface area (Å²) in [6, 6.07) is 17.6. The number of nitrogens with two attached hydrogens (primary N) is 2. The molecule has 0 spiro atoms. The van der Waals surface area contributed by atoms with E-state index in [0.717, 1.165) is 5.56 Å². The Bertz CT molecular complexity index is 1240. The number of ether oxygens (including phenoxy) is 3. The average Bonchev–Trinajstić information content (AvgIpc) is 2.85. The van der Waals surface area contributed by atoms with Gasteiger partial charge in [-0.1, -0.05) is 12.1 Å². The number of esters is 2. The maximum absolute atomic E-state index is 12.4. The van der Waals surface area contributed by atoms with Gasteiger partial charge in [-0.2, -0.15) is 13.2 Å². The number of rotatable bonds is 11. The summed E-state index contributed by atoms with van der Waals surface area (Å²) in [5.41, 5.74) is 14.4. The van der Waals surface area contributed by atoms with Crippen molar-refractivity contribution in [2.24, 2.45) is 0 Å². The fourth-order valence-corrected chi connectivity index (χ4v) is 3.33. The maximum atomic E-state index is 12.4. The largest absolute Gasteiger partial charge is 0.494 e. The van der Waals surface area contributed by atoms with Crippen LogP contribution < -0.4 is 20.9 Å². The third kappa shape index (κ3) is 9.88. The van der Waals surface area contributed by atoms with Gasteiger partial charge in [-0.25, -0.2) is 9.59 Å². The van der Waals surface area contributed by atoms with Gasteiger partial charge in [0.1, 0.15) is 11.5 Å². The molecule has 3 rings (SSSR count). The molecule has 3 aromatic rings. The van der Waals surface area contributed by atoms with Gasteiger partial charge in [0.25, 0.3) is 0 Å². The molecule has 0 saturated heterocycles. The van der Waals surface area contributed by atoms with E-state index >= 15 is 0 Å². The lowest BCUT2D eigenvalue weighted by Crippen LogP contribution is -2.10. The van der Waals surface area contributed by atoms with Crippen LogP contribution in [-0.4, -0.2) is 31.3 Å². The van der Waals surface area contributed by atoms with E-state index in [4.69, 9.17) is 25.7 Å². The lowest BCUT2D eigenvalue weighted by molar-refractivity contribution is -0.138. The molecule has 3 aromatic carbocycles. The Morgan fingerprint density at radius 2 is 1.47 bits per heavy atom. The highest BCUT2D eigenvalue weighted by molar-refractivity contribution is 5.91. The van der Waals surface area contributed by atoms with Crippen molar-refractivity contribution in [3.63, 3.8) is 0 Å². The molecular weight excluding hydrogens is 501 g/mol. The summed E-state index contributed by atoms with van der Waals surface area (Å²) in [5, 5.41) is 0. The molecule has 0 atom stereocenters. The monoisotopic (exact) mass is 528 g/mol. The molecular formula is C28H27F3N2O5. The highest BCUT2D eigenvalue weighted by Crippen LogP contribution is 2.22. The fraction of sp³-hybridized carbons (Fsp3) is 0.214. The smallest absolute Gasteiger partial charge is 0.389 e.